The van der Waals surface area contributed by atoms with Crippen molar-refractivity contribution >= 4 is 17.5 Å². The van der Waals surface area contributed by atoms with E-state index in [1.807, 2.05) is 43.3 Å². The lowest BCUT2D eigenvalue weighted by Gasteiger charge is -2.11. The zero-order valence-corrected chi connectivity index (χ0v) is 14.2. The SMILES string of the molecule is CC(C)Cc1cnc(C(=O)/C=C/c2ccc(N(C)C)cc2)cn1. The fourth-order valence-corrected chi connectivity index (χ4v) is 2.15. The Morgan fingerprint density at radius 1 is 1.13 bits per heavy atom. The van der Waals surface area contributed by atoms with Gasteiger partial charge < -0.3 is 4.90 Å². The summed E-state index contributed by atoms with van der Waals surface area (Å²) in [6, 6.07) is 8.00. The van der Waals surface area contributed by atoms with Crippen molar-refractivity contribution in [1.29, 1.82) is 0 Å². The fourth-order valence-electron chi connectivity index (χ4n) is 2.15. The van der Waals surface area contributed by atoms with Crippen molar-refractivity contribution in [2.75, 3.05) is 19.0 Å². The van der Waals surface area contributed by atoms with Gasteiger partial charge in [-0.1, -0.05) is 32.1 Å². The highest BCUT2D eigenvalue weighted by molar-refractivity contribution is 6.05. The summed E-state index contributed by atoms with van der Waals surface area (Å²) in [6.45, 7) is 4.26. The summed E-state index contributed by atoms with van der Waals surface area (Å²) in [5, 5.41) is 0. The zero-order chi connectivity index (χ0) is 16.8. The summed E-state index contributed by atoms with van der Waals surface area (Å²) < 4.78 is 0. The molecule has 2 rings (SSSR count). The summed E-state index contributed by atoms with van der Waals surface area (Å²) >= 11 is 0. The van der Waals surface area contributed by atoms with Crippen molar-refractivity contribution in [2.45, 2.75) is 20.3 Å². The third kappa shape index (κ3) is 5.02. The van der Waals surface area contributed by atoms with Crippen molar-refractivity contribution in [1.82, 2.24) is 9.97 Å². The van der Waals surface area contributed by atoms with Crippen LogP contribution in [-0.2, 0) is 6.42 Å². The Morgan fingerprint density at radius 2 is 1.83 bits per heavy atom. The summed E-state index contributed by atoms with van der Waals surface area (Å²) in [7, 11) is 3.99. The molecule has 23 heavy (non-hydrogen) atoms. The quantitative estimate of drug-likeness (QED) is 0.604. The van der Waals surface area contributed by atoms with Crippen LogP contribution in [-0.4, -0.2) is 29.8 Å². The largest absolute Gasteiger partial charge is 0.378 e. The van der Waals surface area contributed by atoms with Crippen molar-refractivity contribution in [3.8, 4) is 0 Å². The number of hydrogen-bond donors (Lipinski definition) is 0. The van der Waals surface area contributed by atoms with E-state index in [4.69, 9.17) is 0 Å². The second kappa shape index (κ2) is 7.68. The Hall–Kier alpha value is -2.49. The number of ketones is 1. The monoisotopic (exact) mass is 309 g/mol. The van der Waals surface area contributed by atoms with Crippen LogP contribution < -0.4 is 4.90 Å². The Morgan fingerprint density at radius 3 is 2.35 bits per heavy atom. The van der Waals surface area contributed by atoms with Crippen molar-refractivity contribution in [2.24, 2.45) is 5.92 Å². The molecule has 0 spiro atoms. The van der Waals surface area contributed by atoms with Crippen LogP contribution in [0.4, 0.5) is 5.69 Å². The van der Waals surface area contributed by atoms with E-state index in [1.165, 1.54) is 6.08 Å². The first-order valence-electron chi connectivity index (χ1n) is 7.76. The van der Waals surface area contributed by atoms with E-state index in [9.17, 15) is 4.79 Å². The molecule has 0 atom stereocenters. The molecule has 0 bridgehead atoms. The van der Waals surface area contributed by atoms with Gasteiger partial charge in [0.15, 0.2) is 0 Å². The van der Waals surface area contributed by atoms with Crippen LogP contribution in [0, 0.1) is 5.92 Å². The predicted molar refractivity (Wildman–Crippen MR) is 94.7 cm³/mol. The zero-order valence-electron chi connectivity index (χ0n) is 14.2. The Balaban J connectivity index is 2.03. The second-order valence-corrected chi connectivity index (χ2v) is 6.17. The van der Waals surface area contributed by atoms with E-state index in [0.29, 0.717) is 11.6 Å². The van der Waals surface area contributed by atoms with E-state index in [2.05, 4.69) is 23.8 Å². The number of carbonyl (C=O) groups excluding carboxylic acids is 1. The molecule has 1 heterocycles. The van der Waals surface area contributed by atoms with Crippen LogP contribution in [0.2, 0.25) is 0 Å². The second-order valence-electron chi connectivity index (χ2n) is 6.17. The van der Waals surface area contributed by atoms with Gasteiger partial charge >= 0.3 is 0 Å². The maximum Gasteiger partial charge on any atom is 0.205 e. The molecule has 4 heteroatoms. The summed E-state index contributed by atoms with van der Waals surface area (Å²) in [5.41, 5.74) is 3.40. The topological polar surface area (TPSA) is 46.1 Å². The smallest absolute Gasteiger partial charge is 0.205 e. The van der Waals surface area contributed by atoms with Gasteiger partial charge in [-0.2, -0.15) is 0 Å². The lowest BCUT2D eigenvalue weighted by Crippen LogP contribution is -2.07. The number of benzene rings is 1. The van der Waals surface area contributed by atoms with E-state index >= 15 is 0 Å². The molecule has 0 radical (unpaired) electrons. The van der Waals surface area contributed by atoms with Gasteiger partial charge in [0.25, 0.3) is 0 Å². The molecule has 0 amide bonds. The molecule has 0 unspecified atom stereocenters. The van der Waals surface area contributed by atoms with Gasteiger partial charge in [0.1, 0.15) is 5.69 Å². The first-order chi connectivity index (χ1) is 11.0. The molecule has 0 aliphatic rings. The van der Waals surface area contributed by atoms with Gasteiger partial charge in [0.2, 0.25) is 5.78 Å². The van der Waals surface area contributed by atoms with Crippen LogP contribution in [0.3, 0.4) is 0 Å². The third-order valence-electron chi connectivity index (χ3n) is 3.41. The highest BCUT2D eigenvalue weighted by atomic mass is 16.1. The van der Waals surface area contributed by atoms with Crippen LogP contribution >= 0.6 is 0 Å². The highest BCUT2D eigenvalue weighted by Crippen LogP contribution is 2.13. The molecule has 0 saturated heterocycles. The highest BCUT2D eigenvalue weighted by Gasteiger charge is 2.06. The van der Waals surface area contributed by atoms with Gasteiger partial charge in [-0.3, -0.25) is 9.78 Å². The molecule has 0 saturated carbocycles. The number of hydrogen-bond acceptors (Lipinski definition) is 4. The Labute approximate surface area is 137 Å². The average molecular weight is 309 g/mol. The third-order valence-corrected chi connectivity index (χ3v) is 3.41. The first kappa shape index (κ1) is 16.9. The molecular weight excluding hydrogens is 286 g/mol. The van der Waals surface area contributed by atoms with Crippen LogP contribution in [0.1, 0.15) is 35.6 Å². The minimum Gasteiger partial charge on any atom is -0.378 e. The molecule has 1 aromatic heterocycles. The number of carbonyl (C=O) groups is 1. The lowest BCUT2D eigenvalue weighted by atomic mass is 10.1. The number of aromatic nitrogens is 2. The van der Waals surface area contributed by atoms with Gasteiger partial charge in [0, 0.05) is 26.0 Å². The fraction of sp³-hybridized carbons (Fsp3) is 0.316. The van der Waals surface area contributed by atoms with Crippen LogP contribution in [0.15, 0.2) is 42.7 Å². The van der Waals surface area contributed by atoms with Crippen molar-refractivity contribution in [3.05, 3.63) is 59.7 Å². The van der Waals surface area contributed by atoms with E-state index in [-0.39, 0.29) is 5.78 Å². The molecule has 0 aliphatic carbocycles. The summed E-state index contributed by atoms with van der Waals surface area (Å²) in [6.07, 6.45) is 7.45. The molecule has 120 valence electrons. The molecule has 2 aromatic rings. The standard InChI is InChI=1S/C19H23N3O/c1-14(2)11-16-12-21-18(13-20-16)19(23)10-7-15-5-8-17(9-6-15)22(3)4/h5-10,12-14H,11H2,1-4H3/b10-7+. The summed E-state index contributed by atoms with van der Waals surface area (Å²) in [5.74, 6) is 0.390. The molecule has 0 aliphatic heterocycles. The van der Waals surface area contributed by atoms with Gasteiger partial charge in [-0.15, -0.1) is 0 Å². The van der Waals surface area contributed by atoms with Crippen molar-refractivity contribution in [3.63, 3.8) is 0 Å². The van der Waals surface area contributed by atoms with Gasteiger partial charge in [0.05, 0.1) is 11.9 Å². The predicted octanol–water partition coefficient (Wildman–Crippen LogP) is 3.64. The molecule has 0 fully saturated rings. The Kier molecular flexibility index (Phi) is 5.63. The van der Waals surface area contributed by atoms with E-state index < -0.39 is 0 Å². The average Bonchev–Trinajstić information content (AvgIpc) is 2.53. The van der Waals surface area contributed by atoms with E-state index in [1.54, 1.807) is 18.5 Å². The Bertz CT molecular complexity index is 671. The number of anilines is 1. The molecule has 0 N–H and O–H groups in total. The number of rotatable bonds is 6. The van der Waals surface area contributed by atoms with Gasteiger partial charge in [-0.05, 0) is 36.1 Å². The minimum absolute atomic E-state index is 0.134. The molecule has 1 aromatic carbocycles. The molecule has 4 nitrogen and oxygen atoms in total. The normalized spacial score (nSPS) is 11.2. The van der Waals surface area contributed by atoms with Crippen LogP contribution in [0.25, 0.3) is 6.08 Å². The number of allylic oxidation sites excluding steroid dienone is 1. The number of nitrogens with zero attached hydrogens (tertiary/aromatic N) is 3. The maximum atomic E-state index is 12.1. The van der Waals surface area contributed by atoms with Gasteiger partial charge in [-0.25, -0.2) is 4.98 Å². The first-order valence-corrected chi connectivity index (χ1v) is 7.76. The minimum atomic E-state index is -0.134. The molecular formula is C19H23N3O. The lowest BCUT2D eigenvalue weighted by molar-refractivity contribution is 0.104. The van der Waals surface area contributed by atoms with E-state index in [0.717, 1.165) is 23.4 Å². The maximum absolute atomic E-state index is 12.1. The summed E-state index contributed by atoms with van der Waals surface area (Å²) in [4.78, 5) is 22.7. The van der Waals surface area contributed by atoms with Crippen LogP contribution in [0.5, 0.6) is 0 Å². The van der Waals surface area contributed by atoms with Crippen molar-refractivity contribution < 1.29 is 4.79 Å².